The molecule has 9 heteroatoms. The van der Waals surface area contributed by atoms with Crippen LogP contribution in [-0.4, -0.2) is 73.5 Å². The van der Waals surface area contributed by atoms with Gasteiger partial charge in [-0.3, -0.25) is 19.3 Å². The minimum absolute atomic E-state index is 0.0568. The molecule has 1 aromatic carbocycles. The van der Waals surface area contributed by atoms with Crippen LogP contribution in [0.4, 0.5) is 0 Å². The number of halogens is 1. The second-order valence-electron chi connectivity index (χ2n) is 9.37. The maximum absolute atomic E-state index is 13.2. The monoisotopic (exact) mass is 534 g/mol. The van der Waals surface area contributed by atoms with Gasteiger partial charge in [0.25, 0.3) is 11.8 Å². The largest absolute Gasteiger partial charge is 0.368 e. The summed E-state index contributed by atoms with van der Waals surface area (Å²) in [6.07, 6.45) is 0.537. The summed E-state index contributed by atoms with van der Waals surface area (Å²) in [7, 11) is -1.27. The zero-order chi connectivity index (χ0) is 24.0. The summed E-state index contributed by atoms with van der Waals surface area (Å²) >= 11 is 3.30. The van der Waals surface area contributed by atoms with E-state index >= 15 is 0 Å². The van der Waals surface area contributed by atoms with Gasteiger partial charge in [-0.2, -0.15) is 0 Å². The Labute approximate surface area is 204 Å². The number of benzene rings is 1. The maximum Gasteiger partial charge on any atom is 0.255 e. The van der Waals surface area contributed by atoms with E-state index in [9.17, 15) is 14.4 Å². The zero-order valence-electron chi connectivity index (χ0n) is 19.5. The minimum atomic E-state index is -1.27. The van der Waals surface area contributed by atoms with Crippen LogP contribution in [-0.2, 0) is 25.6 Å². The van der Waals surface area contributed by atoms with Crippen molar-refractivity contribution in [2.24, 2.45) is 0 Å². The molecule has 1 aromatic rings. The Morgan fingerprint density at radius 3 is 2.67 bits per heavy atom. The van der Waals surface area contributed by atoms with Crippen molar-refractivity contribution in [1.82, 2.24) is 9.80 Å². The summed E-state index contributed by atoms with van der Waals surface area (Å²) in [5.74, 6) is 5.26. The van der Waals surface area contributed by atoms with E-state index in [1.165, 1.54) is 0 Å². The zero-order valence-corrected chi connectivity index (χ0v) is 22.1. The third-order valence-electron chi connectivity index (χ3n) is 5.69. The maximum atomic E-state index is 13.2. The summed E-state index contributed by atoms with van der Waals surface area (Å²) < 4.78 is 11.0. The average Bonchev–Trinajstić information content (AvgIpc) is 3.09. The molecule has 0 spiro atoms. The molecule has 33 heavy (non-hydrogen) atoms. The van der Waals surface area contributed by atoms with Crippen molar-refractivity contribution in [3.05, 3.63) is 34.9 Å². The predicted molar refractivity (Wildman–Crippen MR) is 132 cm³/mol. The smallest absolute Gasteiger partial charge is 0.255 e. The van der Waals surface area contributed by atoms with E-state index in [4.69, 9.17) is 9.47 Å². The number of hydrogen-bond acceptors (Lipinski definition) is 5. The van der Waals surface area contributed by atoms with Crippen molar-refractivity contribution in [1.29, 1.82) is 0 Å². The molecule has 1 unspecified atom stereocenters. The lowest BCUT2D eigenvalue weighted by Gasteiger charge is -2.35. The number of likely N-dealkylation sites (tertiary alicyclic amines) is 1. The minimum Gasteiger partial charge on any atom is -0.368 e. The van der Waals surface area contributed by atoms with Gasteiger partial charge >= 0.3 is 0 Å². The molecule has 1 fully saturated rings. The Morgan fingerprint density at radius 2 is 1.94 bits per heavy atom. The van der Waals surface area contributed by atoms with Crippen LogP contribution in [0, 0.1) is 11.8 Å². The van der Waals surface area contributed by atoms with Gasteiger partial charge in [-0.1, -0.05) is 53.5 Å². The molecule has 0 N–H and O–H groups in total. The molecule has 7 nitrogen and oxygen atoms in total. The number of imide groups is 1. The van der Waals surface area contributed by atoms with Gasteiger partial charge in [0, 0.05) is 44.1 Å². The first-order chi connectivity index (χ1) is 15.7. The predicted octanol–water partition coefficient (Wildman–Crippen LogP) is 3.24. The molecule has 2 aliphatic heterocycles. The molecule has 0 aromatic heterocycles. The summed E-state index contributed by atoms with van der Waals surface area (Å²) in [5, 5.41) is 0.747. The summed E-state index contributed by atoms with van der Waals surface area (Å²) in [5.41, 5.74) is 2.14. The molecule has 3 amide bonds. The van der Waals surface area contributed by atoms with Crippen LogP contribution in [0.1, 0.15) is 34.3 Å². The number of hydrogen-bond donors (Lipinski definition) is 0. The third-order valence-corrected chi connectivity index (χ3v) is 7.72. The standard InChI is InChI=1S/C24H31BrN2O5Si/c1-33(2,3)15-14-32-17-27-22(28)10-9-21(24(27)30)26-16-20-18(7-5-12-31-13-11-25)6-4-8-19(20)23(26)29/h4,6,8,21H,9-17H2,1-3H3. The average molecular weight is 536 g/mol. The number of piperidine rings is 1. The molecule has 2 heterocycles. The molecule has 0 bridgehead atoms. The summed E-state index contributed by atoms with van der Waals surface area (Å²) in [6, 6.07) is 5.72. The van der Waals surface area contributed by atoms with E-state index in [0.29, 0.717) is 38.3 Å². The number of nitrogens with zero attached hydrogens (tertiary/aromatic N) is 2. The summed E-state index contributed by atoms with van der Waals surface area (Å²) in [6.45, 7) is 8.39. The van der Waals surface area contributed by atoms with E-state index < -0.39 is 14.1 Å². The highest BCUT2D eigenvalue weighted by atomic mass is 79.9. The van der Waals surface area contributed by atoms with Gasteiger partial charge in [0.2, 0.25) is 5.91 Å². The number of amides is 3. The SMILES string of the molecule is C[Si](C)(C)CCOCN1C(=O)CCC(N2Cc3c(C#CCOCCBr)cccc3C2=O)C1=O. The first-order valence-corrected chi connectivity index (χ1v) is 16.0. The Bertz CT molecular complexity index is 966. The Hall–Kier alpha value is -1.99. The van der Waals surface area contributed by atoms with Crippen LogP contribution < -0.4 is 0 Å². The molecule has 1 saturated heterocycles. The first kappa shape index (κ1) is 25.6. The molecule has 3 rings (SSSR count). The lowest BCUT2D eigenvalue weighted by Crippen LogP contribution is -2.55. The molecule has 0 saturated carbocycles. The second-order valence-corrected chi connectivity index (χ2v) is 15.8. The number of carbonyl (C=O) groups is 3. The quantitative estimate of drug-likeness (QED) is 0.160. The topological polar surface area (TPSA) is 76.2 Å². The molecular weight excluding hydrogens is 504 g/mol. The van der Waals surface area contributed by atoms with Crippen molar-refractivity contribution in [3.8, 4) is 11.8 Å². The van der Waals surface area contributed by atoms with Gasteiger partial charge < -0.3 is 14.4 Å². The molecule has 1 atom stereocenters. The Kier molecular flexibility index (Phi) is 8.87. The van der Waals surface area contributed by atoms with Crippen molar-refractivity contribution in [2.45, 2.75) is 51.1 Å². The fourth-order valence-electron chi connectivity index (χ4n) is 3.81. The molecule has 178 valence electrons. The van der Waals surface area contributed by atoms with Crippen LogP contribution in [0.15, 0.2) is 18.2 Å². The van der Waals surface area contributed by atoms with Gasteiger partial charge in [-0.05, 0) is 30.2 Å². The van der Waals surface area contributed by atoms with Crippen LogP contribution >= 0.6 is 15.9 Å². The molecule has 0 radical (unpaired) electrons. The van der Waals surface area contributed by atoms with E-state index in [0.717, 1.165) is 27.4 Å². The first-order valence-electron chi connectivity index (χ1n) is 11.2. The Balaban J connectivity index is 1.68. The van der Waals surface area contributed by atoms with Gasteiger partial charge in [0.15, 0.2) is 0 Å². The van der Waals surface area contributed by atoms with Crippen molar-refractivity contribution < 1.29 is 23.9 Å². The van der Waals surface area contributed by atoms with Gasteiger partial charge in [0.05, 0.1) is 6.61 Å². The second kappa shape index (κ2) is 11.4. The van der Waals surface area contributed by atoms with Crippen molar-refractivity contribution in [2.75, 3.05) is 31.9 Å². The third kappa shape index (κ3) is 6.54. The van der Waals surface area contributed by atoms with Gasteiger partial charge in [-0.15, -0.1) is 0 Å². The van der Waals surface area contributed by atoms with Crippen molar-refractivity contribution in [3.63, 3.8) is 0 Å². The van der Waals surface area contributed by atoms with E-state index in [-0.39, 0.29) is 30.9 Å². The molecule has 0 aliphatic carbocycles. The highest BCUT2D eigenvalue weighted by Crippen LogP contribution is 2.31. The van der Waals surface area contributed by atoms with E-state index in [1.54, 1.807) is 17.0 Å². The number of alkyl halides is 1. The molecular formula is C24H31BrN2O5Si. The van der Waals surface area contributed by atoms with Crippen LogP contribution in [0.2, 0.25) is 25.7 Å². The fourth-order valence-corrected chi connectivity index (χ4v) is 4.80. The fraction of sp³-hybridized carbons (Fsp3) is 0.542. The Morgan fingerprint density at radius 1 is 1.15 bits per heavy atom. The number of rotatable bonds is 9. The van der Waals surface area contributed by atoms with E-state index in [1.807, 2.05) is 6.07 Å². The van der Waals surface area contributed by atoms with Crippen LogP contribution in [0.25, 0.3) is 0 Å². The van der Waals surface area contributed by atoms with Crippen LogP contribution in [0.3, 0.4) is 0 Å². The number of fused-ring (bicyclic) bond motifs is 1. The number of ether oxygens (including phenoxy) is 2. The van der Waals surface area contributed by atoms with Crippen molar-refractivity contribution >= 4 is 41.7 Å². The lowest BCUT2D eigenvalue weighted by atomic mass is 10.0. The van der Waals surface area contributed by atoms with E-state index in [2.05, 4.69) is 47.4 Å². The molecule has 2 aliphatic rings. The van der Waals surface area contributed by atoms with Gasteiger partial charge in [0.1, 0.15) is 19.4 Å². The summed E-state index contributed by atoms with van der Waals surface area (Å²) in [4.78, 5) is 41.4. The van der Waals surface area contributed by atoms with Crippen LogP contribution in [0.5, 0.6) is 0 Å². The normalized spacial score (nSPS) is 18.4. The number of carbonyl (C=O) groups excluding carboxylic acids is 3. The van der Waals surface area contributed by atoms with Gasteiger partial charge in [-0.25, -0.2) is 0 Å². The highest BCUT2D eigenvalue weighted by molar-refractivity contribution is 9.09. The highest BCUT2D eigenvalue weighted by Gasteiger charge is 2.43. The lowest BCUT2D eigenvalue weighted by molar-refractivity contribution is -0.158.